The fourth-order valence-electron chi connectivity index (χ4n) is 3.00. The summed E-state index contributed by atoms with van der Waals surface area (Å²) in [6, 6.07) is 15.5. The van der Waals surface area contributed by atoms with E-state index in [1.807, 2.05) is 60.4 Å². The molecular formula is C19H19Cl2NO. The van der Waals surface area contributed by atoms with Crippen molar-refractivity contribution in [3.05, 3.63) is 69.7 Å². The van der Waals surface area contributed by atoms with Crippen molar-refractivity contribution in [3.8, 4) is 0 Å². The maximum absolute atomic E-state index is 12.8. The number of rotatable bonds is 5. The maximum Gasteiger partial charge on any atom is 0.226 e. The molecule has 0 spiro atoms. The summed E-state index contributed by atoms with van der Waals surface area (Å²) < 4.78 is 0. The summed E-state index contributed by atoms with van der Waals surface area (Å²) in [6.07, 6.45) is 0.877. The van der Waals surface area contributed by atoms with E-state index in [1.54, 1.807) is 0 Å². The van der Waals surface area contributed by atoms with Crippen LogP contribution in [0.4, 0.5) is 0 Å². The van der Waals surface area contributed by atoms with Crippen LogP contribution in [0.2, 0.25) is 10.0 Å². The summed E-state index contributed by atoms with van der Waals surface area (Å²) >= 11 is 12.5. The number of carbonyl (C=O) groups is 1. The summed E-state index contributed by atoms with van der Waals surface area (Å²) in [6.45, 7) is 3.23. The molecule has 0 heterocycles. The van der Waals surface area contributed by atoms with Crippen LogP contribution in [0.3, 0.4) is 0 Å². The molecule has 3 rings (SSSR count). The van der Waals surface area contributed by atoms with Gasteiger partial charge in [0.25, 0.3) is 0 Å². The van der Waals surface area contributed by atoms with E-state index in [2.05, 4.69) is 0 Å². The molecule has 1 aliphatic rings. The fraction of sp³-hybridized carbons (Fsp3) is 0.316. The molecule has 0 aromatic heterocycles. The lowest BCUT2D eigenvalue weighted by atomic mass is 10.1. The topological polar surface area (TPSA) is 20.3 Å². The Hall–Kier alpha value is -1.51. The van der Waals surface area contributed by atoms with E-state index in [0.29, 0.717) is 18.1 Å². The van der Waals surface area contributed by atoms with E-state index in [1.165, 1.54) is 0 Å². The molecule has 0 bridgehead atoms. The van der Waals surface area contributed by atoms with Crippen molar-refractivity contribution in [3.63, 3.8) is 0 Å². The van der Waals surface area contributed by atoms with Gasteiger partial charge in [-0.25, -0.2) is 0 Å². The van der Waals surface area contributed by atoms with Crippen LogP contribution < -0.4 is 0 Å². The Kier molecular flexibility index (Phi) is 4.93. The first-order chi connectivity index (χ1) is 11.1. The van der Waals surface area contributed by atoms with Gasteiger partial charge in [0.2, 0.25) is 5.91 Å². The molecule has 4 heteroatoms. The molecular weight excluding hydrogens is 329 g/mol. The second-order valence-electron chi connectivity index (χ2n) is 5.91. The molecule has 0 radical (unpaired) electrons. The standard InChI is InChI=1S/C19H19Cl2NO/c1-2-22(12-13-7-3-5-9-17(13)20)19(23)16-11-15(16)14-8-4-6-10-18(14)21/h3-10,15-16H,2,11-12H2,1H3. The van der Waals surface area contributed by atoms with Crippen LogP contribution in [0.1, 0.15) is 30.4 Å². The van der Waals surface area contributed by atoms with Crippen molar-refractivity contribution in [1.29, 1.82) is 0 Å². The number of benzene rings is 2. The van der Waals surface area contributed by atoms with Crippen LogP contribution >= 0.6 is 23.2 Å². The highest BCUT2D eigenvalue weighted by Crippen LogP contribution is 2.50. The largest absolute Gasteiger partial charge is 0.338 e. The van der Waals surface area contributed by atoms with Gasteiger partial charge in [0.05, 0.1) is 0 Å². The molecule has 0 N–H and O–H groups in total. The average molecular weight is 348 g/mol. The van der Waals surface area contributed by atoms with Crippen LogP contribution in [0.15, 0.2) is 48.5 Å². The first-order valence-corrected chi connectivity index (χ1v) is 8.64. The second kappa shape index (κ2) is 6.94. The van der Waals surface area contributed by atoms with Crippen molar-refractivity contribution < 1.29 is 4.79 Å². The predicted octanol–water partition coefficient (Wildman–Crippen LogP) is 5.15. The minimum atomic E-state index is 0.0392. The molecule has 2 aromatic rings. The number of amides is 1. The Morgan fingerprint density at radius 2 is 1.74 bits per heavy atom. The van der Waals surface area contributed by atoms with E-state index in [9.17, 15) is 4.79 Å². The molecule has 0 aliphatic heterocycles. The van der Waals surface area contributed by atoms with Crippen molar-refractivity contribution in [1.82, 2.24) is 4.90 Å². The second-order valence-corrected chi connectivity index (χ2v) is 6.73. The van der Waals surface area contributed by atoms with Crippen molar-refractivity contribution >= 4 is 29.1 Å². The van der Waals surface area contributed by atoms with E-state index in [0.717, 1.165) is 22.6 Å². The summed E-state index contributed by atoms with van der Waals surface area (Å²) in [7, 11) is 0. The third-order valence-electron chi connectivity index (χ3n) is 4.42. The minimum absolute atomic E-state index is 0.0392. The van der Waals surface area contributed by atoms with Gasteiger partial charge in [0.1, 0.15) is 0 Å². The quantitative estimate of drug-likeness (QED) is 0.732. The highest BCUT2D eigenvalue weighted by molar-refractivity contribution is 6.31. The zero-order valence-corrected chi connectivity index (χ0v) is 14.5. The minimum Gasteiger partial charge on any atom is -0.338 e. The van der Waals surface area contributed by atoms with Crippen molar-refractivity contribution in [2.24, 2.45) is 5.92 Å². The number of hydrogen-bond donors (Lipinski definition) is 0. The summed E-state index contributed by atoms with van der Waals surface area (Å²) in [5.41, 5.74) is 2.07. The van der Waals surface area contributed by atoms with E-state index in [4.69, 9.17) is 23.2 Å². The number of nitrogens with zero attached hydrogens (tertiary/aromatic N) is 1. The zero-order valence-electron chi connectivity index (χ0n) is 13.0. The molecule has 0 saturated heterocycles. The lowest BCUT2D eigenvalue weighted by Gasteiger charge is -2.22. The molecule has 2 unspecified atom stereocenters. The highest BCUT2D eigenvalue weighted by Gasteiger charge is 2.46. The SMILES string of the molecule is CCN(Cc1ccccc1Cl)C(=O)C1CC1c1ccccc1Cl. The van der Waals surface area contributed by atoms with Gasteiger partial charge in [0.15, 0.2) is 0 Å². The Morgan fingerprint density at radius 1 is 1.09 bits per heavy atom. The number of hydrogen-bond acceptors (Lipinski definition) is 1. The number of halogens is 2. The maximum atomic E-state index is 12.8. The van der Waals surface area contributed by atoms with E-state index >= 15 is 0 Å². The molecule has 2 atom stereocenters. The van der Waals surface area contributed by atoms with E-state index in [-0.39, 0.29) is 17.7 Å². The Labute approximate surface area is 147 Å². The van der Waals surface area contributed by atoms with E-state index < -0.39 is 0 Å². The molecule has 1 fully saturated rings. The average Bonchev–Trinajstić information content (AvgIpc) is 3.34. The van der Waals surface area contributed by atoms with Crippen LogP contribution in [-0.2, 0) is 11.3 Å². The van der Waals surface area contributed by atoms with Crippen molar-refractivity contribution in [2.45, 2.75) is 25.8 Å². The Bertz CT molecular complexity index is 716. The van der Waals surface area contributed by atoms with Crippen molar-refractivity contribution in [2.75, 3.05) is 6.54 Å². The number of carbonyl (C=O) groups excluding carboxylic acids is 1. The summed E-state index contributed by atoms with van der Waals surface area (Å²) in [5, 5.41) is 1.46. The molecule has 2 nitrogen and oxygen atoms in total. The highest BCUT2D eigenvalue weighted by atomic mass is 35.5. The fourth-order valence-corrected chi connectivity index (χ4v) is 3.47. The van der Waals surface area contributed by atoms with Gasteiger partial charge in [-0.05, 0) is 42.5 Å². The van der Waals surface area contributed by atoms with Crippen LogP contribution in [0.5, 0.6) is 0 Å². The predicted molar refractivity (Wildman–Crippen MR) is 94.8 cm³/mol. The molecule has 120 valence electrons. The van der Waals surface area contributed by atoms with Gasteiger partial charge in [-0.2, -0.15) is 0 Å². The zero-order chi connectivity index (χ0) is 16.4. The summed E-state index contributed by atoms with van der Waals surface area (Å²) in [5.74, 6) is 0.478. The van der Waals surface area contributed by atoms with Gasteiger partial charge >= 0.3 is 0 Å². The monoisotopic (exact) mass is 347 g/mol. The van der Waals surface area contributed by atoms with Gasteiger partial charge in [0, 0.05) is 29.1 Å². The summed E-state index contributed by atoms with van der Waals surface area (Å²) in [4.78, 5) is 14.7. The lowest BCUT2D eigenvalue weighted by Crippen LogP contribution is -2.32. The third kappa shape index (κ3) is 3.54. The van der Waals surface area contributed by atoms with Gasteiger partial charge in [-0.15, -0.1) is 0 Å². The Morgan fingerprint density at radius 3 is 2.39 bits per heavy atom. The third-order valence-corrected chi connectivity index (χ3v) is 5.14. The molecule has 2 aromatic carbocycles. The lowest BCUT2D eigenvalue weighted by molar-refractivity contribution is -0.133. The van der Waals surface area contributed by atoms with Gasteiger partial charge in [-0.3, -0.25) is 4.79 Å². The van der Waals surface area contributed by atoms with Crippen LogP contribution in [0.25, 0.3) is 0 Å². The molecule has 1 aliphatic carbocycles. The van der Waals surface area contributed by atoms with Gasteiger partial charge < -0.3 is 4.90 Å². The first-order valence-electron chi connectivity index (χ1n) is 7.88. The Balaban J connectivity index is 1.70. The van der Waals surface area contributed by atoms with Crippen LogP contribution in [-0.4, -0.2) is 17.4 Å². The molecule has 1 amide bonds. The first kappa shape index (κ1) is 16.4. The normalized spacial score (nSPS) is 19.4. The van der Waals surface area contributed by atoms with Gasteiger partial charge in [-0.1, -0.05) is 59.6 Å². The van der Waals surface area contributed by atoms with Crippen LogP contribution in [0, 0.1) is 5.92 Å². The smallest absolute Gasteiger partial charge is 0.226 e. The molecule has 23 heavy (non-hydrogen) atoms. The molecule has 1 saturated carbocycles.